The van der Waals surface area contributed by atoms with Gasteiger partial charge < -0.3 is 10.1 Å². The van der Waals surface area contributed by atoms with Gasteiger partial charge in [0.2, 0.25) is 0 Å². The Morgan fingerprint density at radius 1 is 1.40 bits per heavy atom. The van der Waals surface area contributed by atoms with Gasteiger partial charge in [0.15, 0.2) is 6.61 Å². The van der Waals surface area contributed by atoms with E-state index in [0.29, 0.717) is 5.56 Å². The number of carbonyl (C=O) groups is 1. The summed E-state index contributed by atoms with van der Waals surface area (Å²) in [6.45, 7) is -1.29. The van der Waals surface area contributed by atoms with Gasteiger partial charge in [0.1, 0.15) is 5.75 Å². The van der Waals surface area contributed by atoms with Gasteiger partial charge >= 0.3 is 18.4 Å². The number of benzene rings is 1. The molecule has 1 fully saturated rings. The maximum absolute atomic E-state index is 12.8. The molecule has 1 radical (unpaired) electrons. The van der Waals surface area contributed by atoms with E-state index in [9.17, 15) is 22.4 Å². The highest BCUT2D eigenvalue weighted by molar-refractivity contribution is 5.76. The second-order valence-corrected chi connectivity index (χ2v) is 4.23. The molecule has 109 valence electrons. The molecule has 1 aromatic carbocycles. The van der Waals surface area contributed by atoms with E-state index in [4.69, 9.17) is 4.74 Å². The monoisotopic (exact) mass is 291 g/mol. The van der Waals surface area contributed by atoms with Crippen LogP contribution in [0.5, 0.6) is 5.75 Å². The van der Waals surface area contributed by atoms with E-state index in [1.807, 2.05) is 0 Å². The molecule has 0 spiro atoms. The second-order valence-electron chi connectivity index (χ2n) is 4.23. The first kappa shape index (κ1) is 14.4. The number of ether oxygens (including phenoxy) is 1. The smallest absolute Gasteiger partial charge is 0.340 e. The van der Waals surface area contributed by atoms with Crippen molar-refractivity contribution in [3.63, 3.8) is 0 Å². The summed E-state index contributed by atoms with van der Waals surface area (Å²) in [4.78, 5) is 11.0. The van der Waals surface area contributed by atoms with E-state index < -0.39 is 31.0 Å². The molecule has 1 saturated heterocycles. The number of nitrogens with zero attached hydrogens (tertiary/aromatic N) is 1. The summed E-state index contributed by atoms with van der Waals surface area (Å²) < 4.78 is 54.6. The fourth-order valence-electron chi connectivity index (χ4n) is 1.73. The Labute approximate surface area is 112 Å². The van der Waals surface area contributed by atoms with Gasteiger partial charge in [0, 0.05) is 5.56 Å². The number of hydrogen-bond acceptors (Lipinski definition) is 2. The van der Waals surface area contributed by atoms with Gasteiger partial charge in [-0.3, -0.25) is 0 Å². The zero-order valence-corrected chi connectivity index (χ0v) is 10.2. The maximum Gasteiger partial charge on any atom is 0.340 e. The molecule has 0 aliphatic carbocycles. The van der Waals surface area contributed by atoms with Crippen molar-refractivity contribution in [1.82, 2.24) is 10.6 Å². The zero-order valence-electron chi connectivity index (χ0n) is 10.2. The van der Waals surface area contributed by atoms with Crippen LogP contribution in [0.25, 0.3) is 0 Å². The van der Waals surface area contributed by atoms with E-state index in [0.717, 1.165) is 0 Å². The SMILES string of the molecule is O=C1[N]CC(c2ccccc2OCC(F)(F)C(F)F)N1. The van der Waals surface area contributed by atoms with Crippen LogP contribution in [-0.2, 0) is 0 Å². The number of hydrogen-bond donors (Lipinski definition) is 1. The molecule has 2 amide bonds. The third-order valence-electron chi connectivity index (χ3n) is 2.75. The van der Waals surface area contributed by atoms with Crippen LogP contribution in [0, 0.1) is 0 Å². The summed E-state index contributed by atoms with van der Waals surface area (Å²) in [7, 11) is 0. The second kappa shape index (κ2) is 5.56. The Morgan fingerprint density at radius 3 is 2.70 bits per heavy atom. The molecule has 1 aliphatic heterocycles. The average molecular weight is 291 g/mol. The normalized spacial score (nSPS) is 18.9. The summed E-state index contributed by atoms with van der Waals surface area (Å²) >= 11 is 0. The molecule has 20 heavy (non-hydrogen) atoms. The van der Waals surface area contributed by atoms with Gasteiger partial charge in [-0.05, 0) is 6.07 Å². The topological polar surface area (TPSA) is 52.4 Å². The van der Waals surface area contributed by atoms with Crippen LogP contribution >= 0.6 is 0 Å². The van der Waals surface area contributed by atoms with Crippen molar-refractivity contribution in [2.45, 2.75) is 18.4 Å². The number of rotatable bonds is 5. The lowest BCUT2D eigenvalue weighted by atomic mass is 10.1. The Morgan fingerprint density at radius 2 is 2.10 bits per heavy atom. The van der Waals surface area contributed by atoms with Crippen molar-refractivity contribution in [1.29, 1.82) is 0 Å². The van der Waals surface area contributed by atoms with Crippen molar-refractivity contribution in [2.24, 2.45) is 0 Å². The molecular formula is C12H11F4N2O2. The van der Waals surface area contributed by atoms with Crippen LogP contribution in [0.15, 0.2) is 24.3 Å². The minimum atomic E-state index is -4.23. The molecule has 2 rings (SSSR count). The number of urea groups is 1. The number of alkyl halides is 4. The van der Waals surface area contributed by atoms with Crippen molar-refractivity contribution in [2.75, 3.05) is 13.2 Å². The minimum Gasteiger partial charge on any atom is -0.487 e. The lowest BCUT2D eigenvalue weighted by Crippen LogP contribution is -2.34. The Bertz CT molecular complexity index is 496. The Balaban J connectivity index is 2.10. The average Bonchev–Trinajstić information content (AvgIpc) is 2.83. The number of nitrogens with one attached hydrogen (secondary N) is 1. The van der Waals surface area contributed by atoms with Crippen LogP contribution < -0.4 is 15.4 Å². The molecule has 1 N–H and O–H groups in total. The molecule has 1 unspecified atom stereocenters. The number of amides is 2. The third kappa shape index (κ3) is 3.12. The van der Waals surface area contributed by atoms with Crippen LogP contribution in [0.1, 0.15) is 11.6 Å². The van der Waals surface area contributed by atoms with E-state index in [1.54, 1.807) is 12.1 Å². The van der Waals surface area contributed by atoms with E-state index in [1.165, 1.54) is 12.1 Å². The van der Waals surface area contributed by atoms with Crippen molar-refractivity contribution >= 4 is 6.03 Å². The summed E-state index contributed by atoms with van der Waals surface area (Å²) in [6.07, 6.45) is -3.80. The van der Waals surface area contributed by atoms with E-state index in [-0.39, 0.29) is 12.3 Å². The molecule has 4 nitrogen and oxygen atoms in total. The molecular weight excluding hydrogens is 280 g/mol. The molecule has 1 aromatic rings. The lowest BCUT2D eigenvalue weighted by Gasteiger charge is -2.19. The van der Waals surface area contributed by atoms with Crippen LogP contribution in [0.2, 0.25) is 0 Å². The number of halogens is 4. The highest BCUT2D eigenvalue weighted by Crippen LogP contribution is 2.29. The molecule has 0 saturated carbocycles. The molecule has 1 atom stereocenters. The predicted molar refractivity (Wildman–Crippen MR) is 61.2 cm³/mol. The highest BCUT2D eigenvalue weighted by atomic mass is 19.3. The quantitative estimate of drug-likeness (QED) is 0.847. The van der Waals surface area contributed by atoms with Crippen molar-refractivity contribution in [3.05, 3.63) is 29.8 Å². The third-order valence-corrected chi connectivity index (χ3v) is 2.75. The summed E-state index contributed by atoms with van der Waals surface area (Å²) in [5.41, 5.74) is 0.423. The fraction of sp³-hybridized carbons (Fsp3) is 0.417. The molecule has 0 aromatic heterocycles. The van der Waals surface area contributed by atoms with Crippen LogP contribution in [-0.4, -0.2) is 31.5 Å². The summed E-state index contributed by atoms with van der Waals surface area (Å²) in [6, 6.07) is 5.07. The van der Waals surface area contributed by atoms with Gasteiger partial charge in [-0.15, -0.1) is 0 Å². The van der Waals surface area contributed by atoms with Gasteiger partial charge in [-0.25, -0.2) is 18.9 Å². The van der Waals surface area contributed by atoms with Crippen LogP contribution in [0.3, 0.4) is 0 Å². The maximum atomic E-state index is 12.8. The molecule has 8 heteroatoms. The fourth-order valence-corrected chi connectivity index (χ4v) is 1.73. The minimum absolute atomic E-state index is 0.0234. The van der Waals surface area contributed by atoms with E-state index >= 15 is 0 Å². The predicted octanol–water partition coefficient (Wildman–Crippen LogP) is 2.33. The number of para-hydroxylation sites is 1. The largest absolute Gasteiger partial charge is 0.487 e. The molecule has 1 aliphatic rings. The highest BCUT2D eigenvalue weighted by Gasteiger charge is 2.42. The van der Waals surface area contributed by atoms with Crippen molar-refractivity contribution < 1.29 is 27.1 Å². The summed E-state index contributed by atoms with van der Waals surface area (Å²) in [5.74, 6) is -4.20. The number of carbonyl (C=O) groups excluding carboxylic acids is 1. The molecule has 1 heterocycles. The first-order chi connectivity index (χ1) is 9.40. The first-order valence-corrected chi connectivity index (χ1v) is 5.76. The van der Waals surface area contributed by atoms with Gasteiger partial charge in [0.25, 0.3) is 0 Å². The standard InChI is InChI=1S/C12H11F4N2O2/c13-10(14)12(15,16)6-20-9-4-2-1-3-7(9)8-5-17-11(19)18-8/h1-4,8,10H,5-6H2,(H,18,19). The van der Waals surface area contributed by atoms with Gasteiger partial charge in [0.05, 0.1) is 12.6 Å². The first-order valence-electron chi connectivity index (χ1n) is 5.76. The van der Waals surface area contributed by atoms with Crippen molar-refractivity contribution in [3.8, 4) is 5.75 Å². The molecule has 0 bridgehead atoms. The Hall–Kier alpha value is -1.99. The van der Waals surface area contributed by atoms with Gasteiger partial charge in [-0.2, -0.15) is 8.78 Å². The summed E-state index contributed by atoms with van der Waals surface area (Å²) in [5, 5.41) is 6.11. The lowest BCUT2D eigenvalue weighted by molar-refractivity contribution is -0.148. The Kier molecular flexibility index (Phi) is 4.01. The van der Waals surface area contributed by atoms with Gasteiger partial charge in [-0.1, -0.05) is 18.2 Å². The van der Waals surface area contributed by atoms with E-state index in [2.05, 4.69) is 10.6 Å². The zero-order chi connectivity index (χ0) is 14.8. The van der Waals surface area contributed by atoms with Crippen LogP contribution in [0.4, 0.5) is 22.4 Å².